The third kappa shape index (κ3) is 10.9. The van der Waals surface area contributed by atoms with Gasteiger partial charge in [0.05, 0.1) is 0 Å². The number of carbonyl (C=O) groups is 2. The number of alkyl carbamates (subject to hydrolysis) is 2. The highest BCUT2D eigenvalue weighted by Gasteiger charge is 2.42. The molecular formula is C16H36Cl2N4O4. The van der Waals surface area contributed by atoms with Gasteiger partial charge in [0, 0.05) is 17.6 Å². The molecular weight excluding hydrogens is 383 g/mol. The number of carbonyl (C=O) groups excluding carboxylic acids is 2. The highest BCUT2D eigenvalue weighted by molar-refractivity contribution is 5.85. The average Bonchev–Trinajstić information content (AvgIpc) is 2.32. The monoisotopic (exact) mass is 418 g/mol. The molecule has 0 radical (unpaired) electrons. The Morgan fingerprint density at radius 1 is 0.846 bits per heavy atom. The normalized spacial score (nSPS) is 15.9. The summed E-state index contributed by atoms with van der Waals surface area (Å²) in [6, 6.07) is 0. The van der Waals surface area contributed by atoms with Crippen molar-refractivity contribution in [3.8, 4) is 0 Å². The van der Waals surface area contributed by atoms with Gasteiger partial charge in [0.2, 0.25) is 0 Å². The summed E-state index contributed by atoms with van der Waals surface area (Å²) >= 11 is 0. The second-order valence-corrected chi connectivity index (χ2v) is 8.16. The number of nitrogens with one attached hydrogen (secondary N) is 2. The highest BCUT2D eigenvalue weighted by atomic mass is 35.5. The maximum absolute atomic E-state index is 11.9. The first-order chi connectivity index (χ1) is 10.6. The van der Waals surface area contributed by atoms with Gasteiger partial charge in [-0.25, -0.2) is 9.59 Å². The van der Waals surface area contributed by atoms with Crippen molar-refractivity contribution in [1.82, 2.24) is 10.6 Å². The molecule has 0 aliphatic heterocycles. The van der Waals surface area contributed by atoms with E-state index in [1.807, 2.05) is 41.5 Å². The lowest BCUT2D eigenvalue weighted by molar-refractivity contribution is -0.0123. The third-order valence-electron chi connectivity index (χ3n) is 3.39. The van der Waals surface area contributed by atoms with E-state index in [0.29, 0.717) is 0 Å². The fourth-order valence-corrected chi connectivity index (χ4v) is 1.87. The maximum Gasteiger partial charge on any atom is 0.407 e. The van der Waals surface area contributed by atoms with E-state index in [9.17, 15) is 9.59 Å². The lowest BCUT2D eigenvalue weighted by Crippen LogP contribution is -2.65. The van der Waals surface area contributed by atoms with Crippen molar-refractivity contribution in [2.75, 3.05) is 6.54 Å². The molecule has 8 nitrogen and oxygen atoms in total. The summed E-state index contributed by atoms with van der Waals surface area (Å²) in [7, 11) is 0. The van der Waals surface area contributed by atoms with Crippen LogP contribution in [0.25, 0.3) is 0 Å². The van der Waals surface area contributed by atoms with Gasteiger partial charge < -0.3 is 31.6 Å². The Labute approximate surface area is 169 Å². The van der Waals surface area contributed by atoms with E-state index < -0.39 is 41.0 Å². The van der Waals surface area contributed by atoms with Crippen LogP contribution >= 0.6 is 24.8 Å². The zero-order chi connectivity index (χ0) is 19.3. The van der Waals surface area contributed by atoms with Crippen LogP contribution in [0.4, 0.5) is 9.59 Å². The van der Waals surface area contributed by atoms with E-state index in [0.717, 1.165) is 0 Å². The summed E-state index contributed by atoms with van der Waals surface area (Å²) in [6.07, 6.45) is -2.74. The van der Waals surface area contributed by atoms with Gasteiger partial charge in [-0.1, -0.05) is 0 Å². The number of nitrogens with two attached hydrogens (primary N) is 2. The van der Waals surface area contributed by atoms with Crippen LogP contribution in [0.15, 0.2) is 0 Å². The van der Waals surface area contributed by atoms with E-state index in [2.05, 4.69) is 10.6 Å². The Morgan fingerprint density at radius 3 is 1.31 bits per heavy atom. The molecule has 0 fully saturated rings. The largest absolute Gasteiger partial charge is 0.444 e. The van der Waals surface area contributed by atoms with Crippen molar-refractivity contribution < 1.29 is 19.1 Å². The van der Waals surface area contributed by atoms with E-state index in [-0.39, 0.29) is 31.4 Å². The molecule has 10 heteroatoms. The predicted octanol–water partition coefficient (Wildman–Crippen LogP) is 2.31. The molecule has 2 unspecified atom stereocenters. The first-order valence-electron chi connectivity index (χ1n) is 8.07. The summed E-state index contributed by atoms with van der Waals surface area (Å²) in [6.45, 7) is 14.2. The van der Waals surface area contributed by atoms with E-state index in [4.69, 9.17) is 20.9 Å². The Balaban J connectivity index is -0.00000264. The van der Waals surface area contributed by atoms with E-state index >= 15 is 0 Å². The molecule has 26 heavy (non-hydrogen) atoms. The van der Waals surface area contributed by atoms with Gasteiger partial charge in [0.15, 0.2) is 0 Å². The molecule has 158 valence electrons. The Hall–Kier alpha value is -0.960. The second-order valence-electron chi connectivity index (χ2n) is 8.16. The Bertz CT molecular complexity index is 415. The number of halogens is 2. The lowest BCUT2D eigenvalue weighted by Gasteiger charge is -2.38. The molecule has 2 atom stereocenters. The number of hydrogen-bond donors (Lipinski definition) is 4. The summed E-state index contributed by atoms with van der Waals surface area (Å²) in [5, 5.41) is 5.36. The topological polar surface area (TPSA) is 129 Å². The van der Waals surface area contributed by atoms with E-state index in [1.54, 1.807) is 13.8 Å². The average molecular weight is 419 g/mol. The van der Waals surface area contributed by atoms with Gasteiger partial charge >= 0.3 is 12.2 Å². The van der Waals surface area contributed by atoms with Crippen LogP contribution in [0.2, 0.25) is 0 Å². The molecule has 0 saturated heterocycles. The number of rotatable bonds is 5. The van der Waals surface area contributed by atoms with Gasteiger partial charge in [-0.3, -0.25) is 0 Å². The van der Waals surface area contributed by atoms with Crippen molar-refractivity contribution in [3.05, 3.63) is 0 Å². The zero-order valence-electron chi connectivity index (χ0n) is 17.0. The first kappa shape index (κ1) is 29.8. The molecule has 0 aliphatic rings. The minimum absolute atomic E-state index is 0. The van der Waals surface area contributed by atoms with Gasteiger partial charge in [-0.05, 0) is 55.4 Å². The predicted molar refractivity (Wildman–Crippen MR) is 108 cm³/mol. The highest BCUT2D eigenvalue weighted by Crippen LogP contribution is 2.18. The Morgan fingerprint density at radius 2 is 1.12 bits per heavy atom. The van der Waals surface area contributed by atoms with Crippen LogP contribution in [0.1, 0.15) is 55.4 Å². The van der Waals surface area contributed by atoms with Crippen LogP contribution in [-0.4, -0.2) is 47.6 Å². The second kappa shape index (κ2) is 11.0. The van der Waals surface area contributed by atoms with Crippen molar-refractivity contribution in [2.24, 2.45) is 11.5 Å². The van der Waals surface area contributed by atoms with E-state index in [1.165, 1.54) is 0 Å². The van der Waals surface area contributed by atoms with Crippen LogP contribution < -0.4 is 22.1 Å². The summed E-state index contributed by atoms with van der Waals surface area (Å²) in [5.74, 6) is 0. The molecule has 0 bridgehead atoms. The Kier molecular flexibility index (Phi) is 12.6. The molecule has 0 spiro atoms. The summed E-state index contributed by atoms with van der Waals surface area (Å²) < 4.78 is 10.6. The standard InChI is InChI=1S/C16H34N4O4.2ClH/c1-10(23-12(21)19-14(3,4)5)16(18,9-17)11(2)24-13(22)20-15(6,7)8;;/h10-11H,9,17-18H2,1-8H3,(H,19,21)(H,20,22);2*1H. The van der Waals surface area contributed by atoms with Gasteiger partial charge in [0.1, 0.15) is 17.7 Å². The van der Waals surface area contributed by atoms with Crippen molar-refractivity contribution in [1.29, 1.82) is 0 Å². The van der Waals surface area contributed by atoms with Crippen molar-refractivity contribution in [3.63, 3.8) is 0 Å². The molecule has 2 amide bonds. The molecule has 0 saturated carbocycles. The zero-order valence-corrected chi connectivity index (χ0v) is 18.6. The molecule has 0 rings (SSSR count). The first-order valence-corrected chi connectivity index (χ1v) is 8.07. The molecule has 0 aromatic carbocycles. The summed E-state index contributed by atoms with van der Waals surface area (Å²) in [5.41, 5.74) is 9.94. The molecule has 0 aliphatic carbocycles. The third-order valence-corrected chi connectivity index (χ3v) is 3.39. The van der Waals surface area contributed by atoms with Gasteiger partial charge in [0.25, 0.3) is 0 Å². The van der Waals surface area contributed by atoms with Crippen molar-refractivity contribution >= 4 is 37.0 Å². The fraction of sp³-hybridized carbons (Fsp3) is 0.875. The molecule has 0 aromatic rings. The summed E-state index contributed by atoms with van der Waals surface area (Å²) in [4.78, 5) is 23.8. The van der Waals surface area contributed by atoms with Crippen LogP contribution in [0.5, 0.6) is 0 Å². The smallest absolute Gasteiger partial charge is 0.407 e. The van der Waals surface area contributed by atoms with Crippen LogP contribution in [-0.2, 0) is 9.47 Å². The van der Waals surface area contributed by atoms with Gasteiger partial charge in [-0.15, -0.1) is 24.8 Å². The number of ether oxygens (including phenoxy) is 2. The van der Waals surface area contributed by atoms with Crippen LogP contribution in [0.3, 0.4) is 0 Å². The van der Waals surface area contributed by atoms with Crippen molar-refractivity contribution in [2.45, 2.75) is 84.2 Å². The van der Waals surface area contributed by atoms with Gasteiger partial charge in [-0.2, -0.15) is 0 Å². The SMILES string of the molecule is CC(OC(=O)NC(C)(C)C)C(N)(CN)C(C)OC(=O)NC(C)(C)C.Cl.Cl. The lowest BCUT2D eigenvalue weighted by atomic mass is 9.88. The quantitative estimate of drug-likeness (QED) is 0.541. The fourth-order valence-electron chi connectivity index (χ4n) is 1.87. The molecule has 6 N–H and O–H groups in total. The molecule has 0 heterocycles. The number of hydrogen-bond acceptors (Lipinski definition) is 6. The molecule has 0 aromatic heterocycles. The number of amides is 2. The maximum atomic E-state index is 11.9. The van der Waals surface area contributed by atoms with Crippen LogP contribution in [0, 0.1) is 0 Å². The minimum Gasteiger partial charge on any atom is -0.444 e. The minimum atomic E-state index is -1.22.